The quantitative estimate of drug-likeness (QED) is 0.835. The van der Waals surface area contributed by atoms with Crippen LogP contribution in [0.2, 0.25) is 0 Å². The maximum absolute atomic E-state index is 9.85. The molecule has 4 nitrogen and oxygen atoms in total. The lowest BCUT2D eigenvalue weighted by Gasteiger charge is -2.45. The van der Waals surface area contributed by atoms with Crippen molar-refractivity contribution in [2.75, 3.05) is 18.5 Å². The highest BCUT2D eigenvalue weighted by atomic mass is 16.6. The fourth-order valence-corrected chi connectivity index (χ4v) is 3.70. The minimum Gasteiger partial charge on any atom is -0.512 e. The Morgan fingerprint density at radius 3 is 2.95 bits per heavy atom. The van der Waals surface area contributed by atoms with Crippen LogP contribution in [-0.4, -0.2) is 30.5 Å². The molecule has 116 valence electrons. The predicted molar refractivity (Wildman–Crippen MR) is 85.0 cm³/mol. The number of nitrogens with one attached hydrogen (secondary N) is 1. The van der Waals surface area contributed by atoms with Crippen LogP contribution < -0.4 is 5.32 Å². The van der Waals surface area contributed by atoms with E-state index < -0.39 is 0 Å². The number of aliphatic hydroxyl groups excluding tert-OH is 1. The molecule has 1 aromatic rings. The SMILES string of the molecule is Cc1ccc2c(c1)[C@H]1OCCO[C@H]1[C@H](C1C=CC=C(O)C1)N2. The second kappa shape index (κ2) is 5.45. The third-order valence-corrected chi connectivity index (χ3v) is 4.73. The van der Waals surface area contributed by atoms with Crippen LogP contribution in [0, 0.1) is 12.8 Å². The smallest absolute Gasteiger partial charge is 0.113 e. The number of ether oxygens (including phenoxy) is 2. The van der Waals surface area contributed by atoms with Gasteiger partial charge in [0.25, 0.3) is 0 Å². The molecule has 2 N–H and O–H groups in total. The molecule has 1 aliphatic carbocycles. The molecule has 22 heavy (non-hydrogen) atoms. The summed E-state index contributed by atoms with van der Waals surface area (Å²) >= 11 is 0. The van der Waals surface area contributed by atoms with Crippen LogP contribution in [0.25, 0.3) is 0 Å². The highest BCUT2D eigenvalue weighted by Gasteiger charge is 2.43. The van der Waals surface area contributed by atoms with Gasteiger partial charge in [0.2, 0.25) is 0 Å². The van der Waals surface area contributed by atoms with Crippen LogP contribution in [0.5, 0.6) is 0 Å². The van der Waals surface area contributed by atoms with Crippen LogP contribution in [0.15, 0.2) is 42.2 Å². The first-order valence-corrected chi connectivity index (χ1v) is 7.89. The molecule has 2 heterocycles. The maximum Gasteiger partial charge on any atom is 0.113 e. The van der Waals surface area contributed by atoms with Gasteiger partial charge in [-0.2, -0.15) is 0 Å². The van der Waals surface area contributed by atoms with Crippen molar-refractivity contribution in [1.29, 1.82) is 0 Å². The molecule has 1 saturated heterocycles. The third kappa shape index (κ3) is 2.32. The van der Waals surface area contributed by atoms with Gasteiger partial charge in [0.1, 0.15) is 12.2 Å². The van der Waals surface area contributed by atoms with E-state index in [4.69, 9.17) is 9.47 Å². The number of rotatable bonds is 1. The van der Waals surface area contributed by atoms with Gasteiger partial charge in [0.15, 0.2) is 0 Å². The normalized spacial score (nSPS) is 33.4. The summed E-state index contributed by atoms with van der Waals surface area (Å²) in [6.07, 6.45) is 6.41. The standard InChI is InChI=1S/C18H21NO3/c1-11-5-6-15-14(9-11)17-18(22-8-7-21-17)16(19-15)12-3-2-4-13(20)10-12/h2-6,9,12,16-20H,7-8,10H2,1H3/t12?,16-,17+,18-/m0/s1. The van der Waals surface area contributed by atoms with Gasteiger partial charge < -0.3 is 19.9 Å². The van der Waals surface area contributed by atoms with Gasteiger partial charge in [-0.1, -0.05) is 29.8 Å². The van der Waals surface area contributed by atoms with E-state index in [1.54, 1.807) is 6.08 Å². The van der Waals surface area contributed by atoms with Gasteiger partial charge in [-0.15, -0.1) is 0 Å². The molecule has 1 aromatic carbocycles. The summed E-state index contributed by atoms with van der Waals surface area (Å²) in [6, 6.07) is 6.52. The molecular weight excluding hydrogens is 278 g/mol. The summed E-state index contributed by atoms with van der Waals surface area (Å²) in [5, 5.41) is 13.5. The predicted octanol–water partition coefficient (Wildman–Crippen LogP) is 3.26. The van der Waals surface area contributed by atoms with Gasteiger partial charge in [-0.05, 0) is 19.1 Å². The number of fused-ring (bicyclic) bond motifs is 3. The molecule has 4 atom stereocenters. The monoisotopic (exact) mass is 299 g/mol. The maximum atomic E-state index is 9.85. The Labute approximate surface area is 130 Å². The van der Waals surface area contributed by atoms with Gasteiger partial charge >= 0.3 is 0 Å². The van der Waals surface area contributed by atoms with Crippen molar-refractivity contribution in [2.24, 2.45) is 5.92 Å². The summed E-state index contributed by atoms with van der Waals surface area (Å²) in [5.41, 5.74) is 3.52. The van der Waals surface area contributed by atoms with Crippen LogP contribution in [0.4, 0.5) is 5.69 Å². The Morgan fingerprint density at radius 1 is 1.23 bits per heavy atom. The molecule has 0 amide bonds. The first-order chi connectivity index (χ1) is 10.7. The van der Waals surface area contributed by atoms with E-state index >= 15 is 0 Å². The van der Waals surface area contributed by atoms with Crippen molar-refractivity contribution in [1.82, 2.24) is 0 Å². The van der Waals surface area contributed by atoms with Gasteiger partial charge in [0.05, 0.1) is 25.0 Å². The molecular formula is C18H21NO3. The van der Waals surface area contributed by atoms with E-state index in [9.17, 15) is 5.11 Å². The number of hydrogen-bond acceptors (Lipinski definition) is 4. The van der Waals surface area contributed by atoms with Crippen LogP contribution in [-0.2, 0) is 9.47 Å². The molecule has 4 rings (SSSR count). The molecule has 4 heteroatoms. The van der Waals surface area contributed by atoms with Gasteiger partial charge in [-0.25, -0.2) is 0 Å². The zero-order valence-corrected chi connectivity index (χ0v) is 12.7. The minimum atomic E-state index is -0.0312. The summed E-state index contributed by atoms with van der Waals surface area (Å²) in [7, 11) is 0. The molecule has 0 aromatic heterocycles. The molecule has 0 bridgehead atoms. The Balaban J connectivity index is 1.70. The Bertz CT molecular complexity index is 637. The zero-order valence-electron chi connectivity index (χ0n) is 12.7. The summed E-state index contributed by atoms with van der Waals surface area (Å²) in [5.74, 6) is 0.630. The van der Waals surface area contributed by atoms with Gasteiger partial charge in [0, 0.05) is 23.6 Å². The number of benzene rings is 1. The lowest BCUT2D eigenvalue weighted by molar-refractivity contribution is -0.154. The highest BCUT2D eigenvalue weighted by Crippen LogP contribution is 2.42. The topological polar surface area (TPSA) is 50.7 Å². The Kier molecular flexibility index (Phi) is 3.43. The average molecular weight is 299 g/mol. The number of allylic oxidation sites excluding steroid dienone is 3. The van der Waals surface area contributed by atoms with Crippen molar-refractivity contribution in [3.63, 3.8) is 0 Å². The molecule has 0 spiro atoms. The second-order valence-electron chi connectivity index (χ2n) is 6.30. The van der Waals surface area contributed by atoms with E-state index in [1.165, 1.54) is 11.1 Å². The van der Waals surface area contributed by atoms with Crippen LogP contribution in [0.1, 0.15) is 23.7 Å². The van der Waals surface area contributed by atoms with Crippen molar-refractivity contribution < 1.29 is 14.6 Å². The van der Waals surface area contributed by atoms with Crippen molar-refractivity contribution in [2.45, 2.75) is 31.6 Å². The zero-order chi connectivity index (χ0) is 15.1. The summed E-state index contributed by atoms with van der Waals surface area (Å²) in [4.78, 5) is 0. The van der Waals surface area contributed by atoms with Crippen molar-refractivity contribution in [3.8, 4) is 0 Å². The molecule has 0 saturated carbocycles. The molecule has 1 unspecified atom stereocenters. The summed E-state index contributed by atoms with van der Waals surface area (Å²) in [6.45, 7) is 3.35. The number of anilines is 1. The average Bonchev–Trinajstić information content (AvgIpc) is 2.54. The molecule has 3 aliphatic rings. The molecule has 0 radical (unpaired) electrons. The first-order valence-electron chi connectivity index (χ1n) is 7.89. The number of hydrogen-bond donors (Lipinski definition) is 2. The molecule has 1 fully saturated rings. The van der Waals surface area contributed by atoms with E-state index in [0.29, 0.717) is 25.4 Å². The highest BCUT2D eigenvalue weighted by molar-refractivity contribution is 5.58. The van der Waals surface area contributed by atoms with Gasteiger partial charge in [-0.3, -0.25) is 0 Å². The number of aryl methyl sites for hydroxylation is 1. The lowest BCUT2D eigenvalue weighted by atomic mass is 9.81. The largest absolute Gasteiger partial charge is 0.512 e. The van der Waals surface area contributed by atoms with E-state index in [-0.39, 0.29) is 24.2 Å². The third-order valence-electron chi connectivity index (χ3n) is 4.73. The van der Waals surface area contributed by atoms with E-state index in [0.717, 1.165) is 5.69 Å². The Morgan fingerprint density at radius 2 is 2.09 bits per heavy atom. The van der Waals surface area contributed by atoms with Crippen molar-refractivity contribution >= 4 is 5.69 Å². The Hall–Kier alpha value is -1.78. The van der Waals surface area contributed by atoms with Crippen LogP contribution >= 0.6 is 0 Å². The second-order valence-corrected chi connectivity index (χ2v) is 6.30. The molecule has 2 aliphatic heterocycles. The lowest BCUT2D eigenvalue weighted by Crippen LogP contribution is -2.51. The summed E-state index contributed by atoms with van der Waals surface area (Å²) < 4.78 is 12.1. The minimum absolute atomic E-state index is 0.0244. The van der Waals surface area contributed by atoms with E-state index in [2.05, 4.69) is 36.5 Å². The van der Waals surface area contributed by atoms with E-state index in [1.807, 2.05) is 6.08 Å². The van der Waals surface area contributed by atoms with Crippen molar-refractivity contribution in [3.05, 3.63) is 53.3 Å². The van der Waals surface area contributed by atoms with Crippen LogP contribution in [0.3, 0.4) is 0 Å². The first kappa shape index (κ1) is 13.9. The number of aliphatic hydroxyl groups is 1. The fourth-order valence-electron chi connectivity index (χ4n) is 3.70. The fraction of sp³-hybridized carbons (Fsp3) is 0.444.